The van der Waals surface area contributed by atoms with Gasteiger partial charge in [0.1, 0.15) is 22.7 Å². The number of thiophene rings is 1. The molecule has 3 rings (SSSR count). The summed E-state index contributed by atoms with van der Waals surface area (Å²) < 4.78 is 6.21. The average molecular weight is 406 g/mol. The number of amidine groups is 1. The normalized spacial score (nSPS) is 11.3. The Bertz CT molecular complexity index is 965. The molecule has 1 aromatic carbocycles. The number of nitrogens with two attached hydrogens (primary N) is 1. The van der Waals surface area contributed by atoms with Crippen LogP contribution in [0.4, 0.5) is 0 Å². The number of thioether (sulfide) groups is 1. The molecule has 0 aliphatic heterocycles. The minimum atomic E-state index is -1.27. The van der Waals surface area contributed by atoms with Crippen molar-refractivity contribution in [2.45, 2.75) is 4.21 Å². The lowest BCUT2D eigenvalue weighted by atomic mass is 10.1. The Morgan fingerprint density at radius 3 is 2.96 bits per heavy atom. The Balaban J connectivity index is 1.90. The highest BCUT2D eigenvalue weighted by Gasteiger charge is 2.25. The van der Waals surface area contributed by atoms with Gasteiger partial charge in [0.15, 0.2) is 0 Å². The van der Waals surface area contributed by atoms with Crippen LogP contribution in [0.5, 0.6) is 5.75 Å². The van der Waals surface area contributed by atoms with Gasteiger partial charge < -0.3 is 20.4 Å². The maximum absolute atomic E-state index is 10.5. The molecule has 2 heterocycles. The highest BCUT2D eigenvalue weighted by atomic mass is 32.2. The number of thiazole rings is 1. The van der Waals surface area contributed by atoms with Crippen LogP contribution in [-0.2, 0) is 4.79 Å². The largest absolute Gasteiger partial charge is 0.546 e. The molecule has 6 nitrogen and oxygen atoms in total. The Hall–Kier alpha value is -2.36. The summed E-state index contributed by atoms with van der Waals surface area (Å²) in [6, 6.07) is 9.08. The smallest absolute Gasteiger partial charge is 0.335 e. The van der Waals surface area contributed by atoms with Crippen LogP contribution >= 0.6 is 33.6 Å². The van der Waals surface area contributed by atoms with Gasteiger partial charge in [0, 0.05) is 17.0 Å². The molecule has 0 saturated carbocycles. The number of hydrogen-bond donors (Lipinski definition) is 2. The zero-order chi connectivity index (χ0) is 18.7. The number of nitrogen functional groups attached to an aromatic ring is 1. The summed E-state index contributed by atoms with van der Waals surface area (Å²) in [7, 11) is -0.485. The number of rotatable bonds is 7. The van der Waals surface area contributed by atoms with Crippen LogP contribution in [0.2, 0.25) is 0 Å². The van der Waals surface area contributed by atoms with E-state index in [1.807, 2.05) is 29.1 Å². The van der Waals surface area contributed by atoms with Crippen LogP contribution in [-0.4, -0.2) is 29.0 Å². The van der Waals surface area contributed by atoms with E-state index in [0.29, 0.717) is 5.75 Å². The first kappa shape index (κ1) is 18.4. The van der Waals surface area contributed by atoms with E-state index >= 15 is 0 Å². The molecule has 1 unspecified atom stereocenters. The van der Waals surface area contributed by atoms with Crippen molar-refractivity contribution in [1.29, 1.82) is 5.41 Å². The van der Waals surface area contributed by atoms with E-state index in [-0.39, 0.29) is 5.17 Å². The van der Waals surface area contributed by atoms with Gasteiger partial charge in [0.2, 0.25) is 4.21 Å². The standard InChI is InChI=1S/C17H15N3O3S3/c1-24-16-12(5-6-26(16)17(18)19)15-20-13(9-25-15)10-3-2-4-11(7-10)23-8-14(21)22/h2-7,9H,8H2,1H3,(H3-,18,19,21,22). The SMILES string of the molecule is CSc1c(-c2nc(-c3cccc(OCC(=O)[O-])c3)cs2)cc[s+]1C(=N)N. The number of carboxylic acid groups (broad SMARTS) is 1. The highest BCUT2D eigenvalue weighted by molar-refractivity contribution is 8.01. The molecule has 1 atom stereocenters. The number of ether oxygens (including phenoxy) is 1. The first-order valence-corrected chi connectivity index (χ1v) is 10.8. The van der Waals surface area contributed by atoms with E-state index in [4.69, 9.17) is 20.9 Å². The fourth-order valence-corrected chi connectivity index (χ4v) is 6.01. The van der Waals surface area contributed by atoms with Gasteiger partial charge in [0.05, 0.1) is 27.7 Å². The van der Waals surface area contributed by atoms with Gasteiger partial charge in [0.25, 0.3) is 0 Å². The van der Waals surface area contributed by atoms with Crippen molar-refractivity contribution in [3.8, 4) is 27.6 Å². The van der Waals surface area contributed by atoms with Crippen LogP contribution in [0.3, 0.4) is 0 Å². The first-order valence-electron chi connectivity index (χ1n) is 7.42. The summed E-state index contributed by atoms with van der Waals surface area (Å²) in [5.74, 6) is -0.819. The number of carbonyl (C=O) groups is 1. The topological polar surface area (TPSA) is 112 Å². The summed E-state index contributed by atoms with van der Waals surface area (Å²) in [6.45, 7) is -0.492. The molecule has 0 aliphatic rings. The maximum atomic E-state index is 10.5. The van der Waals surface area contributed by atoms with Gasteiger partial charge >= 0.3 is 5.17 Å². The number of nitrogens with zero attached hydrogens (tertiary/aromatic N) is 1. The highest BCUT2D eigenvalue weighted by Crippen LogP contribution is 2.43. The average Bonchev–Trinajstić information content (AvgIpc) is 3.26. The summed E-state index contributed by atoms with van der Waals surface area (Å²) in [5.41, 5.74) is 8.30. The second-order valence-corrected chi connectivity index (χ2v) is 8.87. The zero-order valence-electron chi connectivity index (χ0n) is 13.7. The Labute approximate surface area is 161 Å². The number of hydrogen-bond acceptors (Lipinski definition) is 7. The fourth-order valence-electron chi connectivity index (χ4n) is 2.33. The van der Waals surface area contributed by atoms with E-state index in [1.165, 1.54) is 11.3 Å². The van der Waals surface area contributed by atoms with Crippen molar-refractivity contribution in [1.82, 2.24) is 4.98 Å². The van der Waals surface area contributed by atoms with Crippen molar-refractivity contribution in [2.75, 3.05) is 12.9 Å². The van der Waals surface area contributed by atoms with Crippen LogP contribution in [0.25, 0.3) is 21.8 Å². The molecular weight excluding hydrogens is 390 g/mol. The zero-order valence-corrected chi connectivity index (χ0v) is 16.2. The van der Waals surface area contributed by atoms with E-state index in [0.717, 1.165) is 26.0 Å². The Morgan fingerprint density at radius 2 is 2.27 bits per heavy atom. The minimum absolute atomic E-state index is 0.148. The van der Waals surface area contributed by atoms with Crippen molar-refractivity contribution in [3.63, 3.8) is 0 Å². The third-order valence-electron chi connectivity index (χ3n) is 3.43. The van der Waals surface area contributed by atoms with Crippen LogP contribution in [0.15, 0.2) is 45.3 Å². The third-order valence-corrected chi connectivity index (χ3v) is 7.44. The molecule has 0 saturated heterocycles. The van der Waals surface area contributed by atoms with Gasteiger partial charge in [-0.2, -0.15) is 0 Å². The second kappa shape index (κ2) is 7.90. The van der Waals surface area contributed by atoms with Gasteiger partial charge in [-0.3, -0.25) is 0 Å². The second-order valence-electron chi connectivity index (χ2n) is 5.14. The number of benzene rings is 1. The molecule has 0 fully saturated rings. The number of aliphatic carboxylic acids is 1. The Kier molecular flexibility index (Phi) is 5.60. The lowest BCUT2D eigenvalue weighted by Gasteiger charge is -2.07. The molecule has 2 aromatic heterocycles. The molecule has 134 valence electrons. The molecule has 9 heteroatoms. The monoisotopic (exact) mass is 405 g/mol. The van der Waals surface area contributed by atoms with Gasteiger partial charge in [-0.1, -0.05) is 23.9 Å². The molecule has 0 spiro atoms. The summed E-state index contributed by atoms with van der Waals surface area (Å²) in [4.78, 5) is 15.2. The lowest BCUT2D eigenvalue weighted by molar-refractivity contribution is -0.307. The van der Waals surface area contributed by atoms with Gasteiger partial charge in [-0.15, -0.1) is 11.3 Å². The van der Waals surface area contributed by atoms with E-state index in [9.17, 15) is 9.90 Å². The van der Waals surface area contributed by atoms with Crippen molar-refractivity contribution >= 4 is 44.7 Å². The molecule has 0 aliphatic carbocycles. The first-order chi connectivity index (χ1) is 12.5. The van der Waals surface area contributed by atoms with Crippen LogP contribution < -0.4 is 15.6 Å². The number of carboxylic acids is 1. The van der Waals surface area contributed by atoms with E-state index < -0.39 is 23.0 Å². The van der Waals surface area contributed by atoms with Crippen molar-refractivity contribution < 1.29 is 14.6 Å². The quantitative estimate of drug-likeness (QED) is 0.270. The predicted octanol–water partition coefficient (Wildman–Crippen LogP) is 2.82. The van der Waals surface area contributed by atoms with Crippen molar-refractivity contribution in [3.05, 3.63) is 41.1 Å². The van der Waals surface area contributed by atoms with Gasteiger partial charge in [-0.25, -0.2) is 10.4 Å². The molecular formula is C17H15N3O3S3. The molecule has 0 radical (unpaired) electrons. The maximum Gasteiger partial charge on any atom is 0.335 e. The summed E-state index contributed by atoms with van der Waals surface area (Å²) in [5, 5.41) is 23.1. The molecule has 0 amide bonds. The number of aromatic nitrogens is 1. The number of nitrogens with one attached hydrogen (secondary N) is 1. The predicted molar refractivity (Wildman–Crippen MR) is 105 cm³/mol. The van der Waals surface area contributed by atoms with Crippen LogP contribution in [0.1, 0.15) is 0 Å². The van der Waals surface area contributed by atoms with Crippen molar-refractivity contribution in [2.24, 2.45) is 5.73 Å². The summed E-state index contributed by atoms with van der Waals surface area (Å²) >= 11 is 3.10. The summed E-state index contributed by atoms with van der Waals surface area (Å²) in [6.07, 6.45) is 1.97. The van der Waals surface area contributed by atoms with Gasteiger partial charge in [-0.05, 0) is 18.4 Å². The Morgan fingerprint density at radius 1 is 1.46 bits per heavy atom. The molecule has 3 aromatic rings. The third kappa shape index (κ3) is 3.90. The van der Waals surface area contributed by atoms with E-state index in [2.05, 4.69) is 0 Å². The minimum Gasteiger partial charge on any atom is -0.546 e. The fraction of sp³-hybridized carbons (Fsp3) is 0.118. The molecule has 0 bridgehead atoms. The van der Waals surface area contributed by atoms with E-state index in [1.54, 1.807) is 30.0 Å². The lowest BCUT2D eigenvalue weighted by Crippen LogP contribution is -2.28. The van der Waals surface area contributed by atoms with Crippen LogP contribution in [0, 0.1) is 5.41 Å². The molecule has 3 N–H and O–H groups in total. The molecule has 26 heavy (non-hydrogen) atoms. The number of carbonyl (C=O) groups excluding carboxylic acids is 1.